The Balaban J connectivity index is 3.42. The molecule has 0 aromatic heterocycles. The summed E-state index contributed by atoms with van der Waals surface area (Å²) in [5, 5.41) is 5.69. The molecule has 1 aromatic rings. The number of nitrogens with two attached hydrogens (primary N) is 1. The summed E-state index contributed by atoms with van der Waals surface area (Å²) >= 11 is 7.96. The van der Waals surface area contributed by atoms with E-state index in [2.05, 4.69) is 0 Å². The van der Waals surface area contributed by atoms with Gasteiger partial charge in [-0.15, -0.1) is 0 Å². The minimum Gasteiger partial charge on any atom is -0.225 e. The van der Waals surface area contributed by atoms with E-state index in [0.29, 0.717) is 8.59 Å². The molecule has 0 aliphatic heterocycles. The number of rotatable bonds is 3. The maximum Gasteiger partial charge on any atom is 0.239 e. The Bertz CT molecular complexity index is 473. The lowest BCUT2D eigenvalue weighted by molar-refractivity contribution is 0.597. The molecule has 3 nitrogen and oxygen atoms in total. The molecule has 84 valence electrons. The van der Waals surface area contributed by atoms with Crippen molar-refractivity contribution in [1.82, 2.24) is 0 Å². The van der Waals surface area contributed by atoms with Gasteiger partial charge in [-0.1, -0.05) is 24.9 Å². The molecule has 0 aliphatic rings. The second kappa shape index (κ2) is 4.99. The monoisotopic (exact) mass is 359 g/mol. The van der Waals surface area contributed by atoms with Crippen LogP contribution < -0.4 is 5.14 Å². The molecular formula is C9H11ClINO2S. The number of sulfonamides is 1. The van der Waals surface area contributed by atoms with Crippen molar-refractivity contribution in [2.24, 2.45) is 5.14 Å². The Morgan fingerprint density at radius 1 is 1.47 bits per heavy atom. The van der Waals surface area contributed by atoms with Gasteiger partial charge in [-0.05, 0) is 46.7 Å². The second-order valence-electron chi connectivity index (χ2n) is 3.13. The van der Waals surface area contributed by atoms with Crippen LogP contribution in [0.25, 0.3) is 0 Å². The molecule has 15 heavy (non-hydrogen) atoms. The van der Waals surface area contributed by atoms with Gasteiger partial charge in [0.15, 0.2) is 0 Å². The van der Waals surface area contributed by atoms with E-state index in [9.17, 15) is 8.42 Å². The Morgan fingerprint density at radius 3 is 2.53 bits per heavy atom. The van der Waals surface area contributed by atoms with Crippen LogP contribution in [0.3, 0.4) is 0 Å². The van der Waals surface area contributed by atoms with Gasteiger partial charge in [0.25, 0.3) is 0 Å². The van der Waals surface area contributed by atoms with Crippen molar-refractivity contribution in [3.63, 3.8) is 0 Å². The second-order valence-corrected chi connectivity index (χ2v) is 6.15. The first kappa shape index (κ1) is 13.2. The maximum absolute atomic E-state index is 11.3. The molecule has 0 saturated carbocycles. The first-order chi connectivity index (χ1) is 6.88. The van der Waals surface area contributed by atoms with Crippen molar-refractivity contribution in [2.45, 2.75) is 24.7 Å². The molecule has 2 N–H and O–H groups in total. The Labute approximate surface area is 108 Å². The number of hydrogen-bond donors (Lipinski definition) is 1. The standard InChI is InChI=1S/C9H11ClINO2S/c1-2-3-6-7(10)4-5-8(9(6)11)15(12,13)14/h4-5H,2-3H2,1H3,(H2,12,13,14). The largest absolute Gasteiger partial charge is 0.239 e. The third kappa shape index (κ3) is 3.05. The molecule has 0 radical (unpaired) electrons. The molecule has 6 heteroatoms. The summed E-state index contributed by atoms with van der Waals surface area (Å²) in [5.74, 6) is 0. The van der Waals surface area contributed by atoms with Crippen LogP contribution in [0.15, 0.2) is 17.0 Å². The van der Waals surface area contributed by atoms with Gasteiger partial charge < -0.3 is 0 Å². The third-order valence-electron chi connectivity index (χ3n) is 1.96. The van der Waals surface area contributed by atoms with Crippen molar-refractivity contribution in [1.29, 1.82) is 0 Å². The van der Waals surface area contributed by atoms with E-state index in [1.54, 1.807) is 6.07 Å². The fourth-order valence-electron chi connectivity index (χ4n) is 1.28. The highest BCUT2D eigenvalue weighted by atomic mass is 127. The van der Waals surface area contributed by atoms with Crippen LogP contribution in [0.4, 0.5) is 0 Å². The highest BCUT2D eigenvalue weighted by Crippen LogP contribution is 2.28. The van der Waals surface area contributed by atoms with E-state index in [0.717, 1.165) is 18.4 Å². The molecule has 0 heterocycles. The number of benzene rings is 1. The predicted molar refractivity (Wildman–Crippen MR) is 69.5 cm³/mol. The minimum atomic E-state index is -3.66. The number of halogens is 2. The van der Waals surface area contributed by atoms with E-state index in [-0.39, 0.29) is 4.90 Å². The van der Waals surface area contributed by atoms with Crippen LogP contribution in [0.5, 0.6) is 0 Å². The molecule has 0 saturated heterocycles. The van der Waals surface area contributed by atoms with E-state index in [1.807, 2.05) is 29.5 Å². The highest BCUT2D eigenvalue weighted by molar-refractivity contribution is 14.1. The smallest absolute Gasteiger partial charge is 0.225 e. The summed E-state index contributed by atoms with van der Waals surface area (Å²) in [6.07, 6.45) is 1.66. The molecule has 0 fully saturated rings. The number of hydrogen-bond acceptors (Lipinski definition) is 2. The normalized spacial score (nSPS) is 11.7. The van der Waals surface area contributed by atoms with Crippen molar-refractivity contribution in [2.75, 3.05) is 0 Å². The average Bonchev–Trinajstić information content (AvgIpc) is 2.09. The maximum atomic E-state index is 11.3. The van der Waals surface area contributed by atoms with Crippen molar-refractivity contribution in [3.8, 4) is 0 Å². The summed E-state index contributed by atoms with van der Waals surface area (Å²) in [5.41, 5.74) is 0.853. The van der Waals surface area contributed by atoms with Crippen LogP contribution in [-0.4, -0.2) is 8.42 Å². The average molecular weight is 360 g/mol. The zero-order valence-corrected chi connectivity index (χ0v) is 11.9. The topological polar surface area (TPSA) is 60.2 Å². The van der Waals surface area contributed by atoms with Gasteiger partial charge >= 0.3 is 0 Å². The molecule has 1 rings (SSSR count). The van der Waals surface area contributed by atoms with Crippen LogP contribution in [-0.2, 0) is 16.4 Å². The third-order valence-corrected chi connectivity index (χ3v) is 4.86. The quantitative estimate of drug-likeness (QED) is 0.843. The minimum absolute atomic E-state index is 0.149. The first-order valence-electron chi connectivity index (χ1n) is 4.37. The molecule has 0 amide bonds. The Morgan fingerprint density at radius 2 is 2.07 bits per heavy atom. The summed E-state index contributed by atoms with van der Waals surface area (Å²) in [7, 11) is -3.66. The zero-order valence-electron chi connectivity index (χ0n) is 8.13. The predicted octanol–water partition coefficient (Wildman–Crippen LogP) is 2.54. The summed E-state index contributed by atoms with van der Waals surface area (Å²) in [6.45, 7) is 2.01. The van der Waals surface area contributed by atoms with Gasteiger partial charge in [0, 0.05) is 8.59 Å². The molecular weight excluding hydrogens is 349 g/mol. The lowest BCUT2D eigenvalue weighted by Crippen LogP contribution is -2.14. The number of primary sulfonamides is 1. The van der Waals surface area contributed by atoms with Gasteiger partial charge in [-0.2, -0.15) is 0 Å². The zero-order chi connectivity index (χ0) is 11.6. The summed E-state index contributed by atoms with van der Waals surface area (Å²) < 4.78 is 23.1. The van der Waals surface area contributed by atoms with Crippen LogP contribution in [0, 0.1) is 3.57 Å². The van der Waals surface area contributed by atoms with Crippen LogP contribution in [0.1, 0.15) is 18.9 Å². The van der Waals surface area contributed by atoms with E-state index in [1.165, 1.54) is 6.07 Å². The van der Waals surface area contributed by atoms with Gasteiger partial charge in [0.2, 0.25) is 10.0 Å². The molecule has 0 bridgehead atoms. The van der Waals surface area contributed by atoms with Crippen molar-refractivity contribution in [3.05, 3.63) is 26.3 Å². The first-order valence-corrected chi connectivity index (χ1v) is 7.38. The Kier molecular flexibility index (Phi) is 4.39. The van der Waals surface area contributed by atoms with E-state index in [4.69, 9.17) is 16.7 Å². The van der Waals surface area contributed by atoms with Crippen LogP contribution in [0.2, 0.25) is 5.02 Å². The SMILES string of the molecule is CCCc1c(Cl)ccc(S(N)(=O)=O)c1I. The fourth-order valence-corrected chi connectivity index (χ4v) is 3.98. The molecule has 0 spiro atoms. The Hall–Kier alpha value is 0.150. The van der Waals surface area contributed by atoms with E-state index < -0.39 is 10.0 Å². The van der Waals surface area contributed by atoms with Gasteiger partial charge in [-0.3, -0.25) is 0 Å². The summed E-state index contributed by atoms with van der Waals surface area (Å²) in [4.78, 5) is 0.149. The van der Waals surface area contributed by atoms with Crippen LogP contribution >= 0.6 is 34.2 Å². The molecule has 0 aliphatic carbocycles. The van der Waals surface area contributed by atoms with Crippen molar-refractivity contribution < 1.29 is 8.42 Å². The van der Waals surface area contributed by atoms with Gasteiger partial charge in [-0.25, -0.2) is 13.6 Å². The van der Waals surface area contributed by atoms with Crippen molar-refractivity contribution >= 4 is 44.2 Å². The van der Waals surface area contributed by atoms with E-state index >= 15 is 0 Å². The molecule has 0 atom stereocenters. The fraction of sp³-hybridized carbons (Fsp3) is 0.333. The lowest BCUT2D eigenvalue weighted by atomic mass is 10.1. The summed E-state index contributed by atoms with van der Waals surface area (Å²) in [6, 6.07) is 3.02. The highest BCUT2D eigenvalue weighted by Gasteiger charge is 2.16. The molecule has 1 aromatic carbocycles. The molecule has 0 unspecified atom stereocenters. The lowest BCUT2D eigenvalue weighted by Gasteiger charge is -2.09. The van der Waals surface area contributed by atoms with Gasteiger partial charge in [0.05, 0.1) is 4.90 Å². The van der Waals surface area contributed by atoms with Gasteiger partial charge in [0.1, 0.15) is 0 Å².